The quantitative estimate of drug-likeness (QED) is 0.334. The second-order valence-electron chi connectivity index (χ2n) is 9.56. The van der Waals surface area contributed by atoms with Gasteiger partial charge in [-0.1, -0.05) is 30.3 Å². The molecule has 0 aliphatic rings. The van der Waals surface area contributed by atoms with Crippen LogP contribution in [0.15, 0.2) is 42.5 Å². The molecule has 0 aliphatic carbocycles. The summed E-state index contributed by atoms with van der Waals surface area (Å²) in [5, 5.41) is 17.3. The summed E-state index contributed by atoms with van der Waals surface area (Å²) in [5.41, 5.74) is 0.776. The van der Waals surface area contributed by atoms with Gasteiger partial charge in [-0.25, -0.2) is 4.79 Å². The molecule has 0 saturated heterocycles. The zero-order valence-corrected chi connectivity index (χ0v) is 23.2. The van der Waals surface area contributed by atoms with Gasteiger partial charge in [0.2, 0.25) is 0 Å². The first-order valence-electron chi connectivity index (χ1n) is 12.4. The molecule has 0 aromatic heterocycles. The molecular weight excluding hydrogens is 492 g/mol. The fourth-order valence-electron chi connectivity index (χ4n) is 3.84. The number of hydrogen-bond donors (Lipinski definition) is 3. The highest BCUT2D eigenvalue weighted by molar-refractivity contribution is 5.77. The van der Waals surface area contributed by atoms with E-state index in [0.29, 0.717) is 22.8 Å². The van der Waals surface area contributed by atoms with Crippen LogP contribution in [0.25, 0.3) is 0 Å². The van der Waals surface area contributed by atoms with E-state index in [1.165, 1.54) is 21.3 Å². The summed E-state index contributed by atoms with van der Waals surface area (Å²) < 4.78 is 26.9. The predicted octanol–water partition coefficient (Wildman–Crippen LogP) is 3.23. The van der Waals surface area contributed by atoms with E-state index in [0.717, 1.165) is 5.56 Å². The first-order chi connectivity index (χ1) is 18.0. The number of hydrogen-bond acceptors (Lipinski definition) is 9. The number of methoxy groups -OCH3 is 3. The third kappa shape index (κ3) is 9.11. The summed E-state index contributed by atoms with van der Waals surface area (Å²) in [4.78, 5) is 25.6. The highest BCUT2D eigenvalue weighted by atomic mass is 16.6. The molecule has 0 spiro atoms. The average molecular weight is 533 g/mol. The summed E-state index contributed by atoms with van der Waals surface area (Å²) >= 11 is 0. The maximum Gasteiger partial charge on any atom is 0.407 e. The van der Waals surface area contributed by atoms with E-state index in [2.05, 4.69) is 10.6 Å². The van der Waals surface area contributed by atoms with Gasteiger partial charge < -0.3 is 34.1 Å². The molecule has 2 aromatic carbocycles. The molecule has 210 valence electrons. The van der Waals surface area contributed by atoms with Gasteiger partial charge >= 0.3 is 12.1 Å². The van der Waals surface area contributed by atoms with Crippen molar-refractivity contribution in [2.45, 2.75) is 64.4 Å². The van der Waals surface area contributed by atoms with Gasteiger partial charge in [0.25, 0.3) is 0 Å². The van der Waals surface area contributed by atoms with Crippen LogP contribution >= 0.6 is 0 Å². The molecule has 10 nitrogen and oxygen atoms in total. The normalized spacial score (nSPS) is 13.6. The number of rotatable bonds is 13. The van der Waals surface area contributed by atoms with Gasteiger partial charge in [-0.3, -0.25) is 10.1 Å². The smallest absolute Gasteiger partial charge is 0.407 e. The molecule has 10 heteroatoms. The lowest BCUT2D eigenvalue weighted by molar-refractivity contribution is -0.149. The summed E-state index contributed by atoms with van der Waals surface area (Å²) in [6.07, 6.45) is -1.83. The van der Waals surface area contributed by atoms with Crippen LogP contribution in [0.3, 0.4) is 0 Å². The molecule has 0 bridgehead atoms. The standard InChI is InChI=1S/C28H40N2O8/c1-8-37-26(32)24(29-17-19-15-22(35-6)23(36-7)16-21(19)34-5)25(31)20(14-18-12-10-9-11-13-18)30-27(33)38-28(2,3)4/h9-13,15-16,20,24-25,29,31H,8,14,17H2,1-7H3,(H,30,33)/t20-,24+,25-/m0/s1. The number of amides is 1. The maximum absolute atomic E-state index is 13.0. The minimum Gasteiger partial charge on any atom is -0.496 e. The van der Waals surface area contributed by atoms with Crippen molar-refractivity contribution < 1.29 is 38.4 Å². The molecule has 1 amide bonds. The van der Waals surface area contributed by atoms with E-state index in [4.69, 9.17) is 23.7 Å². The van der Waals surface area contributed by atoms with E-state index >= 15 is 0 Å². The molecule has 0 heterocycles. The van der Waals surface area contributed by atoms with Crippen LogP contribution < -0.4 is 24.8 Å². The highest BCUT2D eigenvalue weighted by Crippen LogP contribution is 2.34. The fraction of sp³-hybridized carbons (Fsp3) is 0.500. The van der Waals surface area contributed by atoms with E-state index in [9.17, 15) is 14.7 Å². The Kier molecular flexibility index (Phi) is 11.7. The van der Waals surface area contributed by atoms with Crippen LogP contribution in [-0.2, 0) is 27.2 Å². The number of aliphatic hydroxyl groups is 1. The number of benzene rings is 2. The second kappa shape index (κ2) is 14.4. The van der Waals surface area contributed by atoms with Gasteiger partial charge in [0.1, 0.15) is 23.5 Å². The van der Waals surface area contributed by atoms with E-state index in [-0.39, 0.29) is 19.6 Å². The van der Waals surface area contributed by atoms with Crippen molar-refractivity contribution in [1.29, 1.82) is 0 Å². The first-order valence-corrected chi connectivity index (χ1v) is 12.4. The number of esters is 1. The molecule has 0 aliphatic heterocycles. The number of alkyl carbamates (subject to hydrolysis) is 1. The van der Waals surface area contributed by atoms with Gasteiger partial charge in [0.05, 0.1) is 34.0 Å². The highest BCUT2D eigenvalue weighted by Gasteiger charge is 2.36. The molecular formula is C28H40N2O8. The molecule has 0 unspecified atom stereocenters. The Morgan fingerprint density at radius 2 is 1.55 bits per heavy atom. The Morgan fingerprint density at radius 3 is 2.11 bits per heavy atom. The molecule has 2 rings (SSSR count). The number of carbonyl (C=O) groups is 2. The maximum atomic E-state index is 13.0. The number of nitrogens with one attached hydrogen (secondary N) is 2. The van der Waals surface area contributed by atoms with Crippen LogP contribution in [0, 0.1) is 0 Å². The van der Waals surface area contributed by atoms with Gasteiger partial charge in [0, 0.05) is 18.2 Å². The first kappa shape index (κ1) is 30.7. The summed E-state index contributed by atoms with van der Waals surface area (Å²) in [6, 6.07) is 10.7. The van der Waals surface area contributed by atoms with E-state index < -0.39 is 35.9 Å². The van der Waals surface area contributed by atoms with Crippen LogP contribution in [0.2, 0.25) is 0 Å². The van der Waals surface area contributed by atoms with Crippen molar-refractivity contribution >= 4 is 12.1 Å². The van der Waals surface area contributed by atoms with Gasteiger partial charge in [-0.15, -0.1) is 0 Å². The summed E-state index contributed by atoms with van der Waals surface area (Å²) in [7, 11) is 4.55. The molecule has 0 radical (unpaired) electrons. The van der Waals surface area contributed by atoms with Crippen LogP contribution in [0.1, 0.15) is 38.8 Å². The lowest BCUT2D eigenvalue weighted by Crippen LogP contribution is -2.57. The van der Waals surface area contributed by atoms with Crippen LogP contribution in [0.4, 0.5) is 4.79 Å². The third-order valence-corrected chi connectivity index (χ3v) is 5.59. The van der Waals surface area contributed by atoms with Crippen molar-refractivity contribution in [2.24, 2.45) is 0 Å². The Morgan fingerprint density at radius 1 is 0.947 bits per heavy atom. The number of ether oxygens (including phenoxy) is 5. The van der Waals surface area contributed by atoms with Crippen molar-refractivity contribution in [3.63, 3.8) is 0 Å². The number of carbonyl (C=O) groups excluding carboxylic acids is 2. The third-order valence-electron chi connectivity index (χ3n) is 5.59. The molecule has 3 N–H and O–H groups in total. The molecule has 0 saturated carbocycles. The lowest BCUT2D eigenvalue weighted by atomic mass is 9.96. The largest absolute Gasteiger partial charge is 0.496 e. The van der Waals surface area contributed by atoms with Crippen molar-refractivity contribution in [3.8, 4) is 17.2 Å². The van der Waals surface area contributed by atoms with Gasteiger partial charge in [-0.2, -0.15) is 0 Å². The van der Waals surface area contributed by atoms with Crippen LogP contribution in [0.5, 0.6) is 17.2 Å². The molecule has 0 fully saturated rings. The van der Waals surface area contributed by atoms with Gasteiger partial charge in [-0.05, 0) is 45.7 Å². The Labute approximate surface area is 224 Å². The van der Waals surface area contributed by atoms with E-state index in [1.54, 1.807) is 39.8 Å². The Hall–Kier alpha value is -3.50. The van der Waals surface area contributed by atoms with Crippen molar-refractivity contribution in [3.05, 3.63) is 53.6 Å². The minimum absolute atomic E-state index is 0.117. The molecule has 38 heavy (non-hydrogen) atoms. The summed E-state index contributed by atoms with van der Waals surface area (Å²) in [5.74, 6) is 0.801. The topological polar surface area (TPSA) is 125 Å². The van der Waals surface area contributed by atoms with Crippen molar-refractivity contribution in [1.82, 2.24) is 10.6 Å². The molecule has 3 atom stereocenters. The Balaban J connectivity index is 2.36. The fourth-order valence-corrected chi connectivity index (χ4v) is 3.84. The number of aliphatic hydroxyl groups excluding tert-OH is 1. The van der Waals surface area contributed by atoms with Crippen molar-refractivity contribution in [2.75, 3.05) is 27.9 Å². The second-order valence-corrected chi connectivity index (χ2v) is 9.56. The lowest BCUT2D eigenvalue weighted by Gasteiger charge is -2.31. The summed E-state index contributed by atoms with van der Waals surface area (Å²) in [6.45, 7) is 7.15. The molecule has 2 aromatic rings. The minimum atomic E-state index is -1.37. The van der Waals surface area contributed by atoms with Gasteiger partial charge in [0.15, 0.2) is 11.5 Å². The predicted molar refractivity (Wildman–Crippen MR) is 143 cm³/mol. The van der Waals surface area contributed by atoms with Crippen LogP contribution in [-0.4, -0.2) is 68.9 Å². The SMILES string of the molecule is CCOC(=O)[C@H](NCc1cc(OC)c(OC)cc1OC)[C@@H](O)[C@H](Cc1ccccc1)NC(=O)OC(C)(C)C. The average Bonchev–Trinajstić information content (AvgIpc) is 2.87. The Bertz CT molecular complexity index is 1040. The monoisotopic (exact) mass is 532 g/mol. The zero-order valence-electron chi connectivity index (χ0n) is 23.2. The van der Waals surface area contributed by atoms with E-state index in [1.807, 2.05) is 30.3 Å². The zero-order chi connectivity index (χ0) is 28.3.